The Morgan fingerprint density at radius 3 is 1.55 bits per heavy atom. The van der Waals surface area contributed by atoms with Crippen molar-refractivity contribution >= 4 is 37.4 Å². The van der Waals surface area contributed by atoms with Crippen LogP contribution in [0.2, 0.25) is 15.8 Å². The second-order valence-electron chi connectivity index (χ2n) is 21.5. The molecule has 5 rings (SSSR count). The van der Waals surface area contributed by atoms with E-state index in [-0.39, 0.29) is 40.2 Å². The van der Waals surface area contributed by atoms with Crippen LogP contribution < -0.4 is 4.74 Å². The topological polar surface area (TPSA) is 69.9 Å². The van der Waals surface area contributed by atoms with Gasteiger partial charge in [0, 0.05) is 28.9 Å². The van der Waals surface area contributed by atoms with Crippen LogP contribution in [0.1, 0.15) is 201 Å². The minimum absolute atomic E-state index is 0.0189. The number of benzene rings is 2. The third kappa shape index (κ3) is 19.7. The Labute approximate surface area is 408 Å². The average Bonchev–Trinajstić information content (AvgIpc) is 3.17. The first-order valence-electron chi connectivity index (χ1n) is 25.4. The van der Waals surface area contributed by atoms with E-state index in [9.17, 15) is 15.3 Å². The summed E-state index contributed by atoms with van der Waals surface area (Å²) in [4.78, 5) is 0. The van der Waals surface area contributed by atoms with Gasteiger partial charge in [0.1, 0.15) is 28.6 Å². The zero-order valence-corrected chi connectivity index (χ0v) is 45.7. The quantitative estimate of drug-likeness (QED) is 0.0603. The van der Waals surface area contributed by atoms with Crippen molar-refractivity contribution in [3.8, 4) is 23.0 Å². The first-order chi connectivity index (χ1) is 30.2. The number of halogens is 2. The molecule has 64 heavy (non-hydrogen) atoms. The number of ether oxygens (including phenoxy) is 1. The molecule has 3 aliphatic rings. The second-order valence-corrected chi connectivity index (χ2v) is 25.4. The Bertz CT molecular complexity index is 1700. The maximum atomic E-state index is 10.7. The van der Waals surface area contributed by atoms with Gasteiger partial charge in [-0.05, 0) is 127 Å². The standard InChI is InChI=1S/2C22H32O2.3C4H9.CH2Cl2.Al/c1-5-6-7-8-9-16-13-19(23)21-17-12-15(2)10-11-18(17)22(3,4)24-20(21)14-16;1-5-6-7-8-9-17-13-20(23)22(21(24)14-17)19-12-16(4)10-11-18(19)15(2)3;3*1-4(2)3;2-1-3;/h12-14,17-18,23H,5-11H2,1-4H3;12-14,18-19,23-24H,2,5-11H2,1,3-4H3;3*4H,1H2,2-3H3;1H2;/t17-,18-;18-,19+;;;;;/m10...../s1. The number of hydrogen-bond acceptors (Lipinski definition) is 4. The van der Waals surface area contributed by atoms with Crippen LogP contribution in [0.5, 0.6) is 23.0 Å². The first kappa shape index (κ1) is 58.1. The van der Waals surface area contributed by atoms with E-state index < -0.39 is 14.1 Å². The summed E-state index contributed by atoms with van der Waals surface area (Å²) in [5.74, 6) is 5.57. The van der Waals surface area contributed by atoms with E-state index in [2.05, 4.69) is 108 Å². The fraction of sp³-hybridized carbons (Fsp3) is 0.684. The van der Waals surface area contributed by atoms with Crippen LogP contribution in [0.3, 0.4) is 0 Å². The maximum absolute atomic E-state index is 10.7. The van der Waals surface area contributed by atoms with E-state index in [4.69, 9.17) is 27.9 Å². The number of phenolic OH excluding ortho intramolecular Hbond substituents is 3. The SMILES string of the molecule is C=C(C)[C@@H]1CCC(C)=C[C@H]1c1c(O)cc(CCCCCC)cc1O.CC(C)[CH2][Al]([CH2]C(C)C)[CH2]C(C)C.CCCCCCc1cc(O)c2c(c1)OC(C)(C)[C@@H]1CCC(C)=C[C@@H]21.ClCCl. The van der Waals surface area contributed by atoms with Gasteiger partial charge in [-0.1, -0.05) is 163 Å². The Morgan fingerprint density at radius 1 is 0.688 bits per heavy atom. The highest BCUT2D eigenvalue weighted by molar-refractivity contribution is 6.58. The predicted octanol–water partition coefficient (Wildman–Crippen LogP) is 18.2. The first-order valence-corrected chi connectivity index (χ1v) is 28.9. The summed E-state index contributed by atoms with van der Waals surface area (Å²) in [5, 5.41) is 36.8. The smallest absolute Gasteiger partial charge is 0.262 e. The van der Waals surface area contributed by atoms with Gasteiger partial charge in [0.15, 0.2) is 0 Å². The number of phenols is 3. The normalized spacial score (nSPS) is 19.7. The average molecular weight is 940 g/mol. The van der Waals surface area contributed by atoms with Gasteiger partial charge in [-0.2, -0.15) is 0 Å². The third-order valence-corrected chi connectivity index (χ3v) is 18.3. The highest BCUT2D eigenvalue weighted by Gasteiger charge is 2.45. The molecule has 4 atom stereocenters. The van der Waals surface area contributed by atoms with Crippen molar-refractivity contribution in [2.45, 2.75) is 213 Å². The molecule has 1 heterocycles. The molecule has 0 bridgehead atoms. The molecule has 2 aromatic carbocycles. The molecule has 0 amide bonds. The molecular weight excluding hydrogens is 847 g/mol. The largest absolute Gasteiger partial charge is 0.507 e. The highest BCUT2D eigenvalue weighted by Crippen LogP contribution is 2.53. The molecule has 0 fully saturated rings. The summed E-state index contributed by atoms with van der Waals surface area (Å²) in [6.07, 6.45) is 20.6. The molecule has 0 radical (unpaired) electrons. The summed E-state index contributed by atoms with van der Waals surface area (Å²) in [6.45, 7) is 33.6. The van der Waals surface area contributed by atoms with Gasteiger partial charge in [-0.15, -0.1) is 23.2 Å². The monoisotopic (exact) mass is 939 g/mol. The van der Waals surface area contributed by atoms with Crippen LogP contribution in [0.4, 0.5) is 0 Å². The van der Waals surface area contributed by atoms with Crippen LogP contribution >= 0.6 is 23.2 Å². The highest BCUT2D eigenvalue weighted by atomic mass is 35.5. The molecule has 362 valence electrons. The molecule has 2 aromatic rings. The molecule has 4 nitrogen and oxygen atoms in total. The number of rotatable bonds is 18. The number of unbranched alkanes of at least 4 members (excludes halogenated alkanes) is 6. The summed E-state index contributed by atoms with van der Waals surface area (Å²) in [7, 11) is 0. The van der Waals surface area contributed by atoms with E-state index in [1.165, 1.54) is 61.7 Å². The molecular formula is C57H93AlCl2O4. The third-order valence-electron chi connectivity index (χ3n) is 13.5. The Kier molecular flexibility index (Phi) is 26.9. The van der Waals surface area contributed by atoms with Gasteiger partial charge < -0.3 is 20.1 Å². The summed E-state index contributed by atoms with van der Waals surface area (Å²) >= 11 is 9.12. The van der Waals surface area contributed by atoms with E-state index in [1.807, 2.05) is 25.1 Å². The van der Waals surface area contributed by atoms with Crippen LogP contribution in [-0.2, 0) is 12.8 Å². The van der Waals surface area contributed by atoms with Crippen LogP contribution in [-0.4, -0.2) is 40.4 Å². The molecule has 3 N–H and O–H groups in total. The number of aryl methyl sites for hydroxylation is 2. The Balaban J connectivity index is 0.000000334. The molecule has 0 unspecified atom stereocenters. The lowest BCUT2D eigenvalue weighted by atomic mass is 9.68. The van der Waals surface area contributed by atoms with Crippen LogP contribution in [0.15, 0.2) is 59.7 Å². The predicted molar refractivity (Wildman–Crippen MR) is 283 cm³/mol. The number of hydrogen-bond donors (Lipinski definition) is 3. The second kappa shape index (κ2) is 29.7. The molecule has 0 saturated heterocycles. The van der Waals surface area contributed by atoms with Crippen LogP contribution in [0.25, 0.3) is 0 Å². The number of alkyl halides is 2. The zero-order chi connectivity index (χ0) is 48.1. The lowest BCUT2D eigenvalue weighted by Crippen LogP contribution is -2.45. The van der Waals surface area contributed by atoms with Gasteiger partial charge in [-0.25, -0.2) is 0 Å². The molecule has 0 saturated carbocycles. The van der Waals surface area contributed by atoms with Gasteiger partial charge >= 0.3 is 0 Å². The summed E-state index contributed by atoms with van der Waals surface area (Å²) in [5.41, 5.74) is 7.59. The lowest BCUT2D eigenvalue weighted by Gasteiger charge is -2.46. The fourth-order valence-electron chi connectivity index (χ4n) is 10.6. The lowest BCUT2D eigenvalue weighted by molar-refractivity contribution is 0.0107. The molecule has 2 aliphatic carbocycles. The van der Waals surface area contributed by atoms with Crippen molar-refractivity contribution in [1.82, 2.24) is 0 Å². The van der Waals surface area contributed by atoms with Crippen molar-refractivity contribution in [3.63, 3.8) is 0 Å². The molecule has 0 spiro atoms. The molecule has 7 heteroatoms. The Hall–Kier alpha value is -2.03. The minimum Gasteiger partial charge on any atom is -0.507 e. The van der Waals surface area contributed by atoms with Gasteiger partial charge in [0.2, 0.25) is 0 Å². The van der Waals surface area contributed by atoms with Gasteiger partial charge in [0.05, 0.1) is 5.34 Å². The van der Waals surface area contributed by atoms with Gasteiger partial charge in [-0.3, -0.25) is 0 Å². The van der Waals surface area contributed by atoms with Crippen molar-refractivity contribution in [3.05, 3.63) is 82.0 Å². The Morgan fingerprint density at radius 2 is 1.11 bits per heavy atom. The van der Waals surface area contributed by atoms with Crippen molar-refractivity contribution in [2.75, 3.05) is 5.34 Å². The van der Waals surface area contributed by atoms with E-state index >= 15 is 0 Å². The van der Waals surface area contributed by atoms with Gasteiger partial charge in [0.25, 0.3) is 14.1 Å². The molecule has 1 aliphatic heterocycles. The molecule has 0 aromatic heterocycles. The maximum Gasteiger partial charge on any atom is 0.262 e. The summed E-state index contributed by atoms with van der Waals surface area (Å²) in [6, 6.07) is 7.83. The van der Waals surface area contributed by atoms with Crippen molar-refractivity contribution < 1.29 is 20.1 Å². The number of aromatic hydroxyl groups is 3. The van der Waals surface area contributed by atoms with Crippen molar-refractivity contribution in [2.24, 2.45) is 29.6 Å². The zero-order valence-electron chi connectivity index (χ0n) is 43.0. The fourth-order valence-corrected chi connectivity index (χ4v) is 15.2. The number of fused-ring (bicyclic) bond motifs is 3. The number of allylic oxidation sites excluding steroid dienone is 5. The van der Waals surface area contributed by atoms with E-state index in [0.29, 0.717) is 17.2 Å². The van der Waals surface area contributed by atoms with E-state index in [0.717, 1.165) is 85.1 Å². The van der Waals surface area contributed by atoms with Crippen LogP contribution in [0, 0.1) is 29.6 Å². The van der Waals surface area contributed by atoms with Crippen molar-refractivity contribution in [1.29, 1.82) is 0 Å². The van der Waals surface area contributed by atoms with E-state index in [1.54, 1.807) is 15.8 Å². The summed E-state index contributed by atoms with van der Waals surface area (Å²) < 4.78 is 6.38. The minimum atomic E-state index is -0.407.